The van der Waals surface area contributed by atoms with Gasteiger partial charge in [-0.05, 0) is 47.5 Å². The molecule has 3 aromatic carbocycles. The van der Waals surface area contributed by atoms with Crippen LogP contribution >= 0.6 is 0 Å². The molecule has 124 valence electrons. The van der Waals surface area contributed by atoms with E-state index in [1.807, 2.05) is 60.7 Å². The number of methoxy groups -OCH3 is 1. The molecule has 0 aliphatic carbocycles. The Morgan fingerprint density at radius 1 is 0.800 bits per heavy atom. The van der Waals surface area contributed by atoms with Gasteiger partial charge in [0.2, 0.25) is 0 Å². The van der Waals surface area contributed by atoms with E-state index in [1.165, 1.54) is 0 Å². The lowest BCUT2D eigenvalue weighted by Crippen LogP contribution is -1.81. The highest BCUT2D eigenvalue weighted by atomic mass is 16.5. The molecular formula is C22H19NO2. The normalized spacial score (nSPS) is 11.2. The average molecular weight is 329 g/mol. The molecule has 0 fully saturated rings. The van der Waals surface area contributed by atoms with E-state index in [0.29, 0.717) is 5.56 Å². The van der Waals surface area contributed by atoms with E-state index in [4.69, 9.17) is 4.74 Å². The van der Waals surface area contributed by atoms with E-state index in [1.54, 1.807) is 25.5 Å². The van der Waals surface area contributed by atoms with Gasteiger partial charge in [-0.2, -0.15) is 0 Å². The van der Waals surface area contributed by atoms with Crippen LogP contribution in [0.4, 0.5) is 5.69 Å². The number of benzene rings is 3. The maximum absolute atomic E-state index is 9.74. The Hall–Kier alpha value is -3.33. The van der Waals surface area contributed by atoms with Crippen molar-refractivity contribution in [2.24, 2.45) is 4.99 Å². The zero-order chi connectivity index (χ0) is 17.5. The second-order valence-electron chi connectivity index (χ2n) is 5.52. The van der Waals surface area contributed by atoms with E-state index in [0.717, 1.165) is 22.6 Å². The van der Waals surface area contributed by atoms with Crippen molar-refractivity contribution in [3.05, 3.63) is 89.5 Å². The van der Waals surface area contributed by atoms with Gasteiger partial charge in [-0.3, -0.25) is 4.99 Å². The molecule has 0 spiro atoms. The summed E-state index contributed by atoms with van der Waals surface area (Å²) >= 11 is 0. The van der Waals surface area contributed by atoms with Gasteiger partial charge in [-0.25, -0.2) is 0 Å². The van der Waals surface area contributed by atoms with Crippen molar-refractivity contribution in [1.82, 2.24) is 0 Å². The molecule has 0 unspecified atom stereocenters. The van der Waals surface area contributed by atoms with Gasteiger partial charge >= 0.3 is 0 Å². The molecule has 25 heavy (non-hydrogen) atoms. The molecule has 3 rings (SSSR count). The monoisotopic (exact) mass is 329 g/mol. The Labute approximate surface area is 147 Å². The number of aromatic hydroxyl groups is 1. The third kappa shape index (κ3) is 4.58. The van der Waals surface area contributed by atoms with Crippen molar-refractivity contribution in [3.63, 3.8) is 0 Å². The third-order valence-electron chi connectivity index (χ3n) is 3.77. The first kappa shape index (κ1) is 16.5. The first-order valence-corrected chi connectivity index (χ1v) is 7.99. The summed E-state index contributed by atoms with van der Waals surface area (Å²) in [6.45, 7) is 0. The predicted molar refractivity (Wildman–Crippen MR) is 104 cm³/mol. The fraction of sp³-hybridized carbons (Fsp3) is 0.0455. The van der Waals surface area contributed by atoms with E-state index in [-0.39, 0.29) is 5.75 Å². The number of phenolic OH excluding ortho intramolecular Hbond substituents is 1. The molecule has 0 saturated carbocycles. The first-order valence-electron chi connectivity index (χ1n) is 7.99. The minimum Gasteiger partial charge on any atom is -0.507 e. The lowest BCUT2D eigenvalue weighted by Gasteiger charge is -2.00. The standard InChI is InChI=1S/C22H19NO2/c1-25-21-14-10-18(11-15-21)7-6-17-8-12-20(13-9-17)23-16-19-4-2-3-5-22(19)24/h2-16,24H,1H3/b7-6+,23-16?. The molecule has 0 heterocycles. The fourth-order valence-corrected chi connectivity index (χ4v) is 2.32. The van der Waals surface area contributed by atoms with Crippen LogP contribution in [-0.4, -0.2) is 18.4 Å². The number of hydrogen-bond acceptors (Lipinski definition) is 3. The number of nitrogens with zero attached hydrogens (tertiary/aromatic N) is 1. The second-order valence-corrected chi connectivity index (χ2v) is 5.52. The highest BCUT2D eigenvalue weighted by Gasteiger charge is 1.96. The van der Waals surface area contributed by atoms with E-state index >= 15 is 0 Å². The molecule has 3 nitrogen and oxygen atoms in total. The number of rotatable bonds is 5. The van der Waals surface area contributed by atoms with Gasteiger partial charge in [-0.1, -0.05) is 48.6 Å². The molecular weight excluding hydrogens is 310 g/mol. The van der Waals surface area contributed by atoms with E-state index in [2.05, 4.69) is 17.1 Å². The Balaban J connectivity index is 1.67. The SMILES string of the molecule is COc1ccc(/C=C/c2ccc(N=Cc3ccccc3O)cc2)cc1. The number of ether oxygens (including phenoxy) is 1. The molecule has 1 N–H and O–H groups in total. The van der Waals surface area contributed by atoms with Crippen molar-refractivity contribution < 1.29 is 9.84 Å². The Kier molecular flexibility index (Phi) is 5.27. The number of hydrogen-bond donors (Lipinski definition) is 1. The summed E-state index contributed by atoms with van der Waals surface area (Å²) < 4.78 is 5.15. The largest absolute Gasteiger partial charge is 0.507 e. The van der Waals surface area contributed by atoms with Crippen LogP contribution in [0.1, 0.15) is 16.7 Å². The first-order chi connectivity index (χ1) is 12.2. The summed E-state index contributed by atoms with van der Waals surface area (Å²) in [6, 6.07) is 23.0. The molecule has 3 aromatic rings. The van der Waals surface area contributed by atoms with Crippen molar-refractivity contribution in [1.29, 1.82) is 0 Å². The van der Waals surface area contributed by atoms with Crippen molar-refractivity contribution >= 4 is 24.1 Å². The van der Waals surface area contributed by atoms with Gasteiger partial charge in [0.25, 0.3) is 0 Å². The molecule has 0 bridgehead atoms. The Bertz CT molecular complexity index is 879. The van der Waals surface area contributed by atoms with Crippen LogP contribution < -0.4 is 4.74 Å². The Morgan fingerprint density at radius 3 is 2.00 bits per heavy atom. The molecule has 0 saturated heterocycles. The van der Waals surface area contributed by atoms with Crippen LogP contribution in [-0.2, 0) is 0 Å². The lowest BCUT2D eigenvalue weighted by molar-refractivity contribution is 0.415. The topological polar surface area (TPSA) is 41.8 Å². The summed E-state index contributed by atoms with van der Waals surface area (Å²) in [5.74, 6) is 1.08. The minimum atomic E-state index is 0.227. The van der Waals surface area contributed by atoms with Gasteiger partial charge in [0.1, 0.15) is 11.5 Å². The van der Waals surface area contributed by atoms with Crippen LogP contribution in [0, 0.1) is 0 Å². The molecule has 0 radical (unpaired) electrons. The minimum absolute atomic E-state index is 0.227. The van der Waals surface area contributed by atoms with Crippen LogP contribution in [0.5, 0.6) is 11.5 Å². The van der Waals surface area contributed by atoms with Crippen molar-refractivity contribution in [2.45, 2.75) is 0 Å². The molecule has 0 aromatic heterocycles. The van der Waals surface area contributed by atoms with Crippen molar-refractivity contribution in [2.75, 3.05) is 7.11 Å². The summed E-state index contributed by atoms with van der Waals surface area (Å²) in [5, 5.41) is 9.74. The zero-order valence-corrected chi connectivity index (χ0v) is 14.0. The van der Waals surface area contributed by atoms with Gasteiger partial charge in [-0.15, -0.1) is 0 Å². The quantitative estimate of drug-likeness (QED) is 0.508. The highest BCUT2D eigenvalue weighted by Crippen LogP contribution is 2.18. The van der Waals surface area contributed by atoms with Gasteiger partial charge in [0, 0.05) is 11.8 Å². The number of phenols is 1. The number of para-hydroxylation sites is 1. The van der Waals surface area contributed by atoms with Crippen LogP contribution in [0.2, 0.25) is 0 Å². The van der Waals surface area contributed by atoms with Crippen LogP contribution in [0.15, 0.2) is 77.8 Å². The molecule has 0 aliphatic rings. The predicted octanol–water partition coefficient (Wildman–Crippen LogP) is 5.32. The van der Waals surface area contributed by atoms with E-state index in [9.17, 15) is 5.11 Å². The number of aliphatic imine (C=N–C) groups is 1. The summed E-state index contributed by atoms with van der Waals surface area (Å²) in [5.41, 5.74) is 3.75. The zero-order valence-electron chi connectivity index (χ0n) is 14.0. The average Bonchev–Trinajstić information content (AvgIpc) is 2.67. The fourth-order valence-electron chi connectivity index (χ4n) is 2.32. The second kappa shape index (κ2) is 7.97. The maximum Gasteiger partial charge on any atom is 0.124 e. The third-order valence-corrected chi connectivity index (χ3v) is 3.77. The van der Waals surface area contributed by atoms with Gasteiger partial charge in [0.05, 0.1) is 12.8 Å². The summed E-state index contributed by atoms with van der Waals surface area (Å²) in [6.07, 6.45) is 5.77. The lowest BCUT2D eigenvalue weighted by atomic mass is 10.1. The summed E-state index contributed by atoms with van der Waals surface area (Å²) in [7, 11) is 1.66. The Morgan fingerprint density at radius 2 is 1.40 bits per heavy atom. The van der Waals surface area contributed by atoms with Gasteiger partial charge in [0.15, 0.2) is 0 Å². The molecule has 3 heteroatoms. The van der Waals surface area contributed by atoms with Crippen LogP contribution in [0.25, 0.3) is 12.2 Å². The van der Waals surface area contributed by atoms with Crippen molar-refractivity contribution in [3.8, 4) is 11.5 Å². The maximum atomic E-state index is 9.74. The molecule has 0 amide bonds. The van der Waals surface area contributed by atoms with Crippen LogP contribution in [0.3, 0.4) is 0 Å². The van der Waals surface area contributed by atoms with Gasteiger partial charge < -0.3 is 9.84 Å². The smallest absolute Gasteiger partial charge is 0.124 e. The summed E-state index contributed by atoms with van der Waals surface area (Å²) in [4.78, 5) is 4.39. The highest BCUT2D eigenvalue weighted by molar-refractivity contribution is 5.85. The van der Waals surface area contributed by atoms with E-state index < -0.39 is 0 Å². The molecule has 0 aliphatic heterocycles. The molecule has 0 atom stereocenters.